The molecule has 0 saturated heterocycles. The minimum atomic E-state index is -1.29. The monoisotopic (exact) mass is 421 g/mol. The summed E-state index contributed by atoms with van der Waals surface area (Å²) in [5, 5.41) is 4.55. The van der Waals surface area contributed by atoms with E-state index < -0.39 is 41.9 Å². The molecule has 0 unspecified atom stereocenters. The van der Waals surface area contributed by atoms with Gasteiger partial charge in [0.05, 0.1) is 11.1 Å². The number of imide groups is 2. The van der Waals surface area contributed by atoms with Gasteiger partial charge in [-0.25, -0.2) is 9.59 Å². The zero-order chi connectivity index (χ0) is 21.7. The van der Waals surface area contributed by atoms with Gasteiger partial charge in [0.1, 0.15) is 6.04 Å². The molecule has 0 saturated carbocycles. The number of carbonyl (C=O) groups is 5. The highest BCUT2D eigenvalue weighted by molar-refractivity contribution is 7.98. The first-order valence-electron chi connectivity index (χ1n) is 8.95. The van der Waals surface area contributed by atoms with Crippen molar-refractivity contribution in [2.75, 3.05) is 12.0 Å². The number of benzene rings is 1. The van der Waals surface area contributed by atoms with Crippen LogP contribution in [0.25, 0.3) is 0 Å². The molecule has 2 rings (SSSR count). The topological polar surface area (TPSA) is 122 Å². The van der Waals surface area contributed by atoms with Gasteiger partial charge in [-0.05, 0) is 39.2 Å². The van der Waals surface area contributed by atoms with E-state index in [1.165, 1.54) is 30.8 Å². The summed E-state index contributed by atoms with van der Waals surface area (Å²) in [5.74, 6) is -2.79. The van der Waals surface area contributed by atoms with Gasteiger partial charge < -0.3 is 10.1 Å². The number of carbonyl (C=O) groups excluding carboxylic acids is 5. The van der Waals surface area contributed by atoms with Crippen molar-refractivity contribution in [1.82, 2.24) is 15.5 Å². The second-order valence-corrected chi connectivity index (χ2v) is 7.60. The summed E-state index contributed by atoms with van der Waals surface area (Å²) >= 11 is 1.25. The van der Waals surface area contributed by atoms with Crippen molar-refractivity contribution < 1.29 is 28.7 Å². The lowest BCUT2D eigenvalue weighted by molar-refractivity contribution is -0.157. The molecule has 9 nitrogen and oxygen atoms in total. The molecule has 0 spiro atoms. The Morgan fingerprint density at radius 3 is 2.10 bits per heavy atom. The lowest BCUT2D eigenvalue weighted by Gasteiger charge is -2.25. The van der Waals surface area contributed by atoms with Crippen molar-refractivity contribution in [3.63, 3.8) is 0 Å². The van der Waals surface area contributed by atoms with Gasteiger partial charge in [-0.1, -0.05) is 12.1 Å². The molecule has 2 atom stereocenters. The highest BCUT2D eigenvalue weighted by atomic mass is 32.2. The fraction of sp³-hybridized carbons (Fsp3) is 0.421. The highest BCUT2D eigenvalue weighted by Crippen LogP contribution is 2.26. The molecule has 1 aliphatic rings. The number of rotatable bonds is 7. The zero-order valence-corrected chi connectivity index (χ0v) is 17.4. The third-order valence-corrected chi connectivity index (χ3v) is 4.70. The molecule has 1 heterocycles. The van der Waals surface area contributed by atoms with Crippen LogP contribution in [0.5, 0.6) is 0 Å². The Morgan fingerprint density at radius 1 is 1.07 bits per heavy atom. The first kappa shape index (κ1) is 22.4. The molecule has 0 aliphatic carbocycles. The van der Waals surface area contributed by atoms with Crippen LogP contribution in [0.1, 0.15) is 41.5 Å². The zero-order valence-electron chi connectivity index (χ0n) is 16.6. The van der Waals surface area contributed by atoms with Crippen molar-refractivity contribution >= 4 is 41.5 Å². The minimum Gasteiger partial charge on any atom is -0.451 e. The summed E-state index contributed by atoms with van der Waals surface area (Å²) in [6, 6.07) is 4.20. The van der Waals surface area contributed by atoms with Crippen LogP contribution in [-0.4, -0.2) is 64.8 Å². The van der Waals surface area contributed by atoms with Gasteiger partial charge in [0.15, 0.2) is 6.10 Å². The fourth-order valence-electron chi connectivity index (χ4n) is 2.71. The molecule has 10 heteroatoms. The fourth-order valence-corrected chi connectivity index (χ4v) is 3.32. The molecular formula is C19H23N3O6S. The Labute approximate surface area is 172 Å². The summed E-state index contributed by atoms with van der Waals surface area (Å²) in [6.07, 6.45) is 0.421. The van der Waals surface area contributed by atoms with E-state index in [1.54, 1.807) is 32.2 Å². The molecule has 1 aromatic carbocycles. The molecule has 0 fully saturated rings. The van der Waals surface area contributed by atoms with E-state index in [1.807, 2.05) is 0 Å². The smallest absolute Gasteiger partial charge is 0.331 e. The first-order chi connectivity index (χ1) is 13.7. The summed E-state index contributed by atoms with van der Waals surface area (Å²) in [6.45, 7) is 4.75. The Hall–Kier alpha value is -2.88. The Bertz CT molecular complexity index is 806. The van der Waals surface area contributed by atoms with Gasteiger partial charge in [-0.3, -0.25) is 24.6 Å². The highest BCUT2D eigenvalue weighted by Gasteiger charge is 2.43. The van der Waals surface area contributed by atoms with E-state index in [2.05, 4.69) is 10.6 Å². The van der Waals surface area contributed by atoms with E-state index in [0.717, 1.165) is 4.90 Å². The minimum absolute atomic E-state index is 0.104. The lowest BCUT2D eigenvalue weighted by atomic mass is 10.1. The predicted molar refractivity (Wildman–Crippen MR) is 106 cm³/mol. The van der Waals surface area contributed by atoms with E-state index in [-0.39, 0.29) is 22.9 Å². The molecule has 2 N–H and O–H groups in total. The number of urea groups is 1. The third kappa shape index (κ3) is 5.14. The SMILES string of the molecule is CSC[C@@H](C(=O)O[C@H](C)C(=O)NC(=O)NC(C)C)N1C(=O)c2ccccc2C1=O. The molecule has 29 heavy (non-hydrogen) atoms. The molecular weight excluding hydrogens is 398 g/mol. The van der Waals surface area contributed by atoms with Crippen LogP contribution >= 0.6 is 11.8 Å². The van der Waals surface area contributed by atoms with Gasteiger partial charge in [0, 0.05) is 11.8 Å². The molecule has 5 amide bonds. The molecule has 156 valence electrons. The van der Waals surface area contributed by atoms with Crippen LogP contribution in [0.3, 0.4) is 0 Å². The van der Waals surface area contributed by atoms with E-state index in [0.29, 0.717) is 0 Å². The van der Waals surface area contributed by atoms with Gasteiger partial charge in [0.2, 0.25) is 0 Å². The van der Waals surface area contributed by atoms with Crippen molar-refractivity contribution in [2.45, 2.75) is 39.0 Å². The number of amides is 5. The maximum absolute atomic E-state index is 12.7. The normalized spacial score (nSPS) is 15.0. The number of hydrogen-bond donors (Lipinski definition) is 2. The van der Waals surface area contributed by atoms with Crippen LogP contribution in [-0.2, 0) is 14.3 Å². The standard InChI is InChI=1S/C19H23N3O6S/c1-10(2)20-19(27)21-15(23)11(3)28-18(26)14(9-29-4)22-16(24)12-7-5-6-8-13(12)17(22)25/h5-8,10-11,14H,9H2,1-4H3,(H2,20,21,23,27)/t11-,14+/m1/s1. The predicted octanol–water partition coefficient (Wildman–Crippen LogP) is 1.18. The number of nitrogens with one attached hydrogen (secondary N) is 2. The molecule has 0 aromatic heterocycles. The van der Waals surface area contributed by atoms with Crippen molar-refractivity contribution in [1.29, 1.82) is 0 Å². The Balaban J connectivity index is 2.10. The summed E-state index contributed by atoms with van der Waals surface area (Å²) in [4.78, 5) is 62.5. The quantitative estimate of drug-likeness (QED) is 0.501. The number of hydrogen-bond acceptors (Lipinski definition) is 7. The average molecular weight is 421 g/mol. The van der Waals surface area contributed by atoms with Gasteiger partial charge in [-0.15, -0.1) is 0 Å². The van der Waals surface area contributed by atoms with Crippen LogP contribution in [0.4, 0.5) is 4.79 Å². The Kier molecular flexibility index (Phi) is 7.38. The van der Waals surface area contributed by atoms with Crippen LogP contribution in [0, 0.1) is 0 Å². The van der Waals surface area contributed by atoms with Crippen molar-refractivity contribution in [3.05, 3.63) is 35.4 Å². The number of fused-ring (bicyclic) bond motifs is 1. The molecule has 1 aromatic rings. The van der Waals surface area contributed by atoms with Crippen LogP contribution in [0.2, 0.25) is 0 Å². The van der Waals surface area contributed by atoms with Crippen molar-refractivity contribution in [2.24, 2.45) is 0 Å². The van der Waals surface area contributed by atoms with Crippen LogP contribution < -0.4 is 10.6 Å². The maximum Gasteiger partial charge on any atom is 0.331 e. The molecule has 0 bridgehead atoms. The third-order valence-electron chi connectivity index (χ3n) is 4.05. The molecule has 1 aliphatic heterocycles. The van der Waals surface area contributed by atoms with E-state index in [9.17, 15) is 24.0 Å². The van der Waals surface area contributed by atoms with E-state index >= 15 is 0 Å². The summed E-state index contributed by atoms with van der Waals surface area (Å²) in [7, 11) is 0. The van der Waals surface area contributed by atoms with Gasteiger partial charge >= 0.3 is 12.0 Å². The second kappa shape index (κ2) is 9.55. The van der Waals surface area contributed by atoms with E-state index in [4.69, 9.17) is 4.74 Å². The van der Waals surface area contributed by atoms with Gasteiger partial charge in [-0.2, -0.15) is 11.8 Å². The largest absolute Gasteiger partial charge is 0.451 e. The summed E-state index contributed by atoms with van der Waals surface area (Å²) in [5.41, 5.74) is 0.431. The maximum atomic E-state index is 12.7. The molecule has 0 radical (unpaired) electrons. The second-order valence-electron chi connectivity index (χ2n) is 6.69. The van der Waals surface area contributed by atoms with Crippen molar-refractivity contribution in [3.8, 4) is 0 Å². The lowest BCUT2D eigenvalue weighted by Crippen LogP contribution is -2.50. The average Bonchev–Trinajstić information content (AvgIpc) is 2.90. The summed E-state index contributed by atoms with van der Waals surface area (Å²) < 4.78 is 5.15. The number of thioether (sulfide) groups is 1. The number of nitrogens with zero attached hydrogens (tertiary/aromatic N) is 1. The number of ether oxygens (including phenoxy) is 1. The Morgan fingerprint density at radius 2 is 1.62 bits per heavy atom. The first-order valence-corrected chi connectivity index (χ1v) is 10.3. The van der Waals surface area contributed by atoms with Crippen LogP contribution in [0.15, 0.2) is 24.3 Å². The number of esters is 1. The van der Waals surface area contributed by atoms with Gasteiger partial charge in [0.25, 0.3) is 17.7 Å².